The number of likely N-dealkylation sites (tertiary alicyclic amines) is 1. The second kappa shape index (κ2) is 7.19. The zero-order valence-electron chi connectivity index (χ0n) is 13.1. The third-order valence-corrected chi connectivity index (χ3v) is 3.92. The van der Waals surface area contributed by atoms with Gasteiger partial charge in [0.15, 0.2) is 0 Å². The summed E-state index contributed by atoms with van der Waals surface area (Å²) >= 11 is 0. The summed E-state index contributed by atoms with van der Waals surface area (Å²) < 4.78 is 50.1. The first-order chi connectivity index (χ1) is 11.2. The number of carbonyl (C=O) groups excluding carboxylic acids is 2. The summed E-state index contributed by atoms with van der Waals surface area (Å²) in [6.45, 7) is 0.624. The maximum Gasteiger partial charge on any atom is 0.324 e. The summed E-state index contributed by atoms with van der Waals surface area (Å²) in [5, 5.41) is 1.83. The number of carbonyl (C=O) groups is 2. The van der Waals surface area contributed by atoms with Crippen LogP contribution >= 0.6 is 0 Å². The highest BCUT2D eigenvalue weighted by atomic mass is 19.3. The Morgan fingerprint density at radius 1 is 1.33 bits per heavy atom. The lowest BCUT2D eigenvalue weighted by Gasteiger charge is -2.25. The monoisotopic (exact) mass is 346 g/mol. The molecular formula is C16H18F4N2O2. The van der Waals surface area contributed by atoms with Gasteiger partial charge in [-0.25, -0.2) is 8.78 Å². The van der Waals surface area contributed by atoms with Gasteiger partial charge in [0.05, 0.1) is 6.54 Å². The summed E-state index contributed by atoms with van der Waals surface area (Å²) in [6.07, 6.45) is -3.56. The summed E-state index contributed by atoms with van der Waals surface area (Å²) in [5.74, 6) is -5.40. The first-order valence-corrected chi connectivity index (χ1v) is 7.49. The van der Waals surface area contributed by atoms with E-state index in [1.807, 2.05) is 24.4 Å². The molecule has 8 heteroatoms. The van der Waals surface area contributed by atoms with Crippen LogP contribution in [0.4, 0.5) is 17.6 Å². The van der Waals surface area contributed by atoms with Gasteiger partial charge >= 0.3 is 12.3 Å². The quantitative estimate of drug-likeness (QED) is 0.805. The van der Waals surface area contributed by atoms with Crippen molar-refractivity contribution in [3.05, 3.63) is 35.4 Å². The van der Waals surface area contributed by atoms with Gasteiger partial charge in [-0.15, -0.1) is 0 Å². The van der Waals surface area contributed by atoms with Gasteiger partial charge < -0.3 is 10.2 Å². The number of aryl methyl sites for hydroxylation is 1. The molecular weight excluding hydrogens is 328 g/mol. The molecule has 1 fully saturated rings. The second-order valence-electron chi connectivity index (χ2n) is 5.84. The molecule has 0 aromatic heterocycles. The fourth-order valence-electron chi connectivity index (χ4n) is 2.49. The first kappa shape index (κ1) is 18.2. The lowest BCUT2D eigenvalue weighted by atomic mass is 10.1. The zero-order valence-corrected chi connectivity index (χ0v) is 13.1. The lowest BCUT2D eigenvalue weighted by molar-refractivity contribution is -0.142. The van der Waals surface area contributed by atoms with Crippen LogP contribution in [0.2, 0.25) is 0 Å². The Balaban J connectivity index is 2.01. The number of benzene rings is 1. The molecule has 1 N–H and O–H groups in total. The lowest BCUT2D eigenvalue weighted by Crippen LogP contribution is -2.49. The SMILES string of the molecule is Cc1ccc(CN2C(=O)CC[C@@H]2C(=O)NCC(F)(F)C(F)F)cc1. The third-order valence-electron chi connectivity index (χ3n) is 3.92. The highest BCUT2D eigenvalue weighted by Crippen LogP contribution is 2.24. The van der Waals surface area contributed by atoms with Crippen molar-refractivity contribution in [3.8, 4) is 0 Å². The number of hydrogen-bond donors (Lipinski definition) is 1. The number of alkyl halides is 4. The molecule has 1 aliphatic rings. The van der Waals surface area contributed by atoms with Crippen molar-refractivity contribution in [1.82, 2.24) is 10.2 Å². The van der Waals surface area contributed by atoms with Crippen molar-refractivity contribution in [2.45, 2.75) is 44.7 Å². The highest BCUT2D eigenvalue weighted by molar-refractivity contribution is 5.90. The van der Waals surface area contributed by atoms with Crippen LogP contribution in [0, 0.1) is 6.92 Å². The molecule has 132 valence electrons. The smallest absolute Gasteiger partial charge is 0.324 e. The van der Waals surface area contributed by atoms with Crippen LogP contribution in [0.25, 0.3) is 0 Å². The van der Waals surface area contributed by atoms with Crippen LogP contribution < -0.4 is 5.32 Å². The van der Waals surface area contributed by atoms with Crippen molar-refractivity contribution >= 4 is 11.8 Å². The summed E-state index contributed by atoms with van der Waals surface area (Å²) in [6, 6.07) is 6.40. The van der Waals surface area contributed by atoms with Crippen LogP contribution in [0.1, 0.15) is 24.0 Å². The molecule has 1 heterocycles. The molecule has 1 saturated heterocycles. The predicted molar refractivity (Wildman–Crippen MR) is 78.7 cm³/mol. The van der Waals surface area contributed by atoms with Crippen molar-refractivity contribution in [1.29, 1.82) is 0 Å². The van der Waals surface area contributed by atoms with Gasteiger partial charge in [-0.1, -0.05) is 29.8 Å². The zero-order chi connectivity index (χ0) is 17.9. The number of nitrogens with one attached hydrogen (secondary N) is 1. The van der Waals surface area contributed by atoms with Crippen LogP contribution in [-0.4, -0.2) is 41.6 Å². The van der Waals surface area contributed by atoms with E-state index in [0.717, 1.165) is 11.1 Å². The number of amides is 2. The molecule has 1 aromatic carbocycles. The van der Waals surface area contributed by atoms with Gasteiger partial charge in [-0.05, 0) is 18.9 Å². The molecule has 1 atom stereocenters. The largest absolute Gasteiger partial charge is 0.348 e. The minimum absolute atomic E-state index is 0.120. The number of nitrogens with zero attached hydrogens (tertiary/aromatic N) is 1. The minimum Gasteiger partial charge on any atom is -0.348 e. The molecule has 0 bridgehead atoms. The molecule has 1 aromatic rings. The molecule has 0 spiro atoms. The van der Waals surface area contributed by atoms with E-state index in [0.29, 0.717) is 0 Å². The van der Waals surface area contributed by atoms with E-state index in [1.54, 1.807) is 12.1 Å². The number of halogens is 4. The van der Waals surface area contributed by atoms with E-state index in [4.69, 9.17) is 0 Å². The van der Waals surface area contributed by atoms with E-state index >= 15 is 0 Å². The Labute approximate surface area is 136 Å². The van der Waals surface area contributed by atoms with Gasteiger partial charge in [0, 0.05) is 13.0 Å². The van der Waals surface area contributed by atoms with E-state index in [2.05, 4.69) is 0 Å². The molecule has 1 aliphatic heterocycles. The van der Waals surface area contributed by atoms with E-state index in [9.17, 15) is 27.2 Å². The predicted octanol–water partition coefficient (Wildman–Crippen LogP) is 2.50. The summed E-state index contributed by atoms with van der Waals surface area (Å²) in [4.78, 5) is 25.3. The first-order valence-electron chi connectivity index (χ1n) is 7.49. The summed E-state index contributed by atoms with van der Waals surface area (Å²) in [5.41, 5.74) is 1.83. The van der Waals surface area contributed by atoms with Crippen molar-refractivity contribution < 1.29 is 27.2 Å². The van der Waals surface area contributed by atoms with Gasteiger partial charge in [-0.2, -0.15) is 8.78 Å². The topological polar surface area (TPSA) is 49.4 Å². The van der Waals surface area contributed by atoms with Gasteiger partial charge in [0.25, 0.3) is 0 Å². The average molecular weight is 346 g/mol. The maximum atomic E-state index is 12.9. The standard InChI is InChI=1S/C16H18F4N2O2/c1-10-2-4-11(5-3-10)8-22-12(6-7-13(22)23)14(24)21-9-16(19,20)15(17)18/h2-5,12,15H,6-9H2,1H3,(H,21,24)/t12-/m1/s1. The Morgan fingerprint density at radius 2 is 1.96 bits per heavy atom. The van der Waals surface area contributed by atoms with Gasteiger partial charge in [0.2, 0.25) is 11.8 Å². The molecule has 0 saturated carbocycles. The Kier molecular flexibility index (Phi) is 5.46. The van der Waals surface area contributed by atoms with E-state index in [-0.39, 0.29) is 25.3 Å². The van der Waals surface area contributed by atoms with Crippen molar-refractivity contribution in [2.75, 3.05) is 6.54 Å². The third kappa shape index (κ3) is 4.24. The van der Waals surface area contributed by atoms with Crippen molar-refractivity contribution in [2.24, 2.45) is 0 Å². The summed E-state index contributed by atoms with van der Waals surface area (Å²) in [7, 11) is 0. The minimum atomic E-state index is -4.29. The molecule has 0 aliphatic carbocycles. The molecule has 2 amide bonds. The Bertz CT molecular complexity index is 605. The molecule has 4 nitrogen and oxygen atoms in total. The molecule has 24 heavy (non-hydrogen) atoms. The fraction of sp³-hybridized carbons (Fsp3) is 0.500. The number of hydrogen-bond acceptors (Lipinski definition) is 2. The van der Waals surface area contributed by atoms with Crippen LogP contribution in [0.5, 0.6) is 0 Å². The van der Waals surface area contributed by atoms with E-state index < -0.39 is 30.8 Å². The van der Waals surface area contributed by atoms with Gasteiger partial charge in [0.1, 0.15) is 6.04 Å². The number of rotatable bonds is 6. The highest BCUT2D eigenvalue weighted by Gasteiger charge is 2.42. The van der Waals surface area contributed by atoms with Crippen molar-refractivity contribution in [3.63, 3.8) is 0 Å². The van der Waals surface area contributed by atoms with E-state index in [1.165, 1.54) is 4.90 Å². The van der Waals surface area contributed by atoms with Gasteiger partial charge in [-0.3, -0.25) is 9.59 Å². The second-order valence-corrected chi connectivity index (χ2v) is 5.84. The molecule has 0 radical (unpaired) electrons. The fourth-order valence-corrected chi connectivity index (χ4v) is 2.49. The molecule has 0 unspecified atom stereocenters. The molecule has 2 rings (SSSR count). The average Bonchev–Trinajstić information content (AvgIpc) is 2.88. The maximum absolute atomic E-state index is 12.9. The Hall–Kier alpha value is -2.12. The van der Waals surface area contributed by atoms with Crippen LogP contribution in [0.3, 0.4) is 0 Å². The van der Waals surface area contributed by atoms with Crippen LogP contribution in [0.15, 0.2) is 24.3 Å². The van der Waals surface area contributed by atoms with Crippen LogP contribution in [-0.2, 0) is 16.1 Å². The normalized spacial score (nSPS) is 18.3. The Morgan fingerprint density at radius 3 is 2.54 bits per heavy atom.